The van der Waals surface area contributed by atoms with Gasteiger partial charge in [0.1, 0.15) is 0 Å². The second-order valence-corrected chi connectivity index (χ2v) is 15.3. The van der Waals surface area contributed by atoms with Crippen molar-refractivity contribution < 1.29 is 0 Å². The molecule has 9 aromatic carbocycles. The van der Waals surface area contributed by atoms with E-state index < -0.39 is 5.41 Å². The average molecular weight is 713 g/mol. The maximum absolute atomic E-state index is 2.55. The number of fused-ring (bicyclic) bond motifs is 15. The normalized spacial score (nSPS) is 13.2. The van der Waals surface area contributed by atoms with Crippen molar-refractivity contribution >= 4 is 49.6 Å². The molecule has 0 bridgehead atoms. The first-order chi connectivity index (χ1) is 27.7. The highest BCUT2D eigenvalue weighted by Crippen LogP contribution is 2.65. The van der Waals surface area contributed by atoms with Gasteiger partial charge in [0.25, 0.3) is 0 Å². The van der Waals surface area contributed by atoms with Crippen molar-refractivity contribution in [3.63, 3.8) is 0 Å². The quantitative estimate of drug-likeness (QED) is 0.176. The maximum Gasteiger partial charge on any atom is 0.0727 e. The minimum absolute atomic E-state index is 0.541. The standard InChI is InChI=1S/C54H36N2/c1-35-16-15-19-37(32-35)55(36-17-3-2-4-18-36)38-30-31-45-48(33-38)54(46-26-11-7-20-39(46)40-21-8-12-27-47(40)54)49-34-52(43-24-5-6-25-44(43)53(45)49)56-50-28-13-9-22-41(50)42-23-10-14-29-51(42)56/h2-34H,1H3. The lowest BCUT2D eigenvalue weighted by Crippen LogP contribution is -2.26. The summed E-state index contributed by atoms with van der Waals surface area (Å²) in [6, 6.07) is 74.5. The maximum atomic E-state index is 2.55. The van der Waals surface area contributed by atoms with Crippen LogP contribution in [0.1, 0.15) is 27.8 Å². The predicted octanol–water partition coefficient (Wildman–Crippen LogP) is 14.1. The van der Waals surface area contributed by atoms with E-state index in [1.165, 1.54) is 88.3 Å². The molecule has 1 spiro atoms. The molecule has 0 radical (unpaired) electrons. The van der Waals surface area contributed by atoms with Crippen molar-refractivity contribution in [2.75, 3.05) is 4.90 Å². The molecule has 2 aliphatic rings. The van der Waals surface area contributed by atoms with Crippen molar-refractivity contribution in [1.29, 1.82) is 0 Å². The lowest BCUT2D eigenvalue weighted by Gasteiger charge is -2.32. The van der Waals surface area contributed by atoms with Crippen LogP contribution in [0.5, 0.6) is 0 Å². The summed E-state index contributed by atoms with van der Waals surface area (Å²) in [5, 5.41) is 5.05. The summed E-state index contributed by atoms with van der Waals surface area (Å²) in [6.07, 6.45) is 0. The summed E-state index contributed by atoms with van der Waals surface area (Å²) in [6.45, 7) is 2.17. The van der Waals surface area contributed by atoms with Crippen molar-refractivity contribution in [3.8, 4) is 27.9 Å². The van der Waals surface area contributed by atoms with Gasteiger partial charge in [-0.1, -0.05) is 146 Å². The molecule has 2 aliphatic carbocycles. The van der Waals surface area contributed by atoms with Crippen LogP contribution in [0, 0.1) is 6.92 Å². The molecule has 2 nitrogen and oxygen atoms in total. The lowest BCUT2D eigenvalue weighted by atomic mass is 9.70. The number of anilines is 3. The molecule has 262 valence electrons. The second kappa shape index (κ2) is 11.7. The largest absolute Gasteiger partial charge is 0.310 e. The Balaban J connectivity index is 1.23. The summed E-state index contributed by atoms with van der Waals surface area (Å²) < 4.78 is 2.51. The minimum atomic E-state index is -0.541. The van der Waals surface area contributed by atoms with Gasteiger partial charge in [0.15, 0.2) is 0 Å². The number of nitrogens with zero attached hydrogens (tertiary/aromatic N) is 2. The molecule has 0 unspecified atom stereocenters. The van der Waals surface area contributed by atoms with E-state index in [1.54, 1.807) is 0 Å². The first-order valence-corrected chi connectivity index (χ1v) is 19.5. The van der Waals surface area contributed by atoms with Crippen molar-refractivity contribution in [2.24, 2.45) is 0 Å². The molecule has 0 aliphatic heterocycles. The van der Waals surface area contributed by atoms with Crippen LogP contribution in [-0.4, -0.2) is 4.57 Å². The third-order valence-corrected chi connectivity index (χ3v) is 12.4. The van der Waals surface area contributed by atoms with Gasteiger partial charge in [-0.25, -0.2) is 0 Å². The van der Waals surface area contributed by atoms with Gasteiger partial charge >= 0.3 is 0 Å². The monoisotopic (exact) mass is 712 g/mol. The zero-order valence-electron chi connectivity index (χ0n) is 30.9. The molecule has 0 saturated heterocycles. The van der Waals surface area contributed by atoms with E-state index in [0.717, 1.165) is 17.1 Å². The van der Waals surface area contributed by atoms with E-state index in [4.69, 9.17) is 0 Å². The number of hydrogen-bond donors (Lipinski definition) is 0. The Morgan fingerprint density at radius 3 is 1.61 bits per heavy atom. The first kappa shape index (κ1) is 31.2. The molecule has 2 heteroatoms. The van der Waals surface area contributed by atoms with E-state index in [2.05, 4.69) is 217 Å². The fourth-order valence-corrected chi connectivity index (χ4v) is 10.3. The van der Waals surface area contributed by atoms with Crippen LogP contribution in [0.25, 0.3) is 60.5 Å². The smallest absolute Gasteiger partial charge is 0.0727 e. The zero-order chi connectivity index (χ0) is 37.0. The molecule has 0 amide bonds. The highest BCUT2D eigenvalue weighted by molar-refractivity contribution is 6.14. The number of hydrogen-bond acceptors (Lipinski definition) is 1. The van der Waals surface area contributed by atoms with Crippen LogP contribution in [0.3, 0.4) is 0 Å². The minimum Gasteiger partial charge on any atom is -0.310 e. The Bertz CT molecular complexity index is 3120. The van der Waals surface area contributed by atoms with Gasteiger partial charge in [0, 0.05) is 33.2 Å². The molecule has 12 rings (SSSR count). The Hall–Kier alpha value is -7.16. The van der Waals surface area contributed by atoms with Crippen LogP contribution in [0.4, 0.5) is 17.1 Å². The number of aryl methyl sites for hydroxylation is 1. The third kappa shape index (κ3) is 4.11. The molecule has 56 heavy (non-hydrogen) atoms. The van der Waals surface area contributed by atoms with Crippen LogP contribution in [0.2, 0.25) is 0 Å². The van der Waals surface area contributed by atoms with E-state index in [9.17, 15) is 0 Å². The summed E-state index contributed by atoms with van der Waals surface area (Å²) in [4.78, 5) is 2.42. The Morgan fingerprint density at radius 2 is 0.929 bits per heavy atom. The number of para-hydroxylation sites is 3. The Labute approximate surface area is 326 Å². The SMILES string of the molecule is Cc1cccc(N(c2ccccc2)c2ccc3c(c2)C2(c4ccccc4-c4ccccc42)c2cc(-n4c5ccccc5c5ccccc54)c4ccccc4c2-3)c1. The highest BCUT2D eigenvalue weighted by Gasteiger charge is 2.52. The van der Waals surface area contributed by atoms with E-state index in [-0.39, 0.29) is 0 Å². The highest BCUT2D eigenvalue weighted by atomic mass is 15.1. The van der Waals surface area contributed by atoms with Crippen LogP contribution < -0.4 is 4.90 Å². The van der Waals surface area contributed by atoms with Gasteiger partial charge < -0.3 is 9.47 Å². The van der Waals surface area contributed by atoms with Crippen molar-refractivity contribution in [2.45, 2.75) is 12.3 Å². The molecule has 1 aromatic heterocycles. The fraction of sp³-hybridized carbons (Fsp3) is 0.0370. The average Bonchev–Trinajstić information content (AvgIpc) is 3.86. The molecular weight excluding hydrogens is 677 g/mol. The van der Waals surface area contributed by atoms with Gasteiger partial charge in [-0.2, -0.15) is 0 Å². The number of aromatic nitrogens is 1. The number of rotatable bonds is 4. The van der Waals surface area contributed by atoms with Gasteiger partial charge in [-0.15, -0.1) is 0 Å². The lowest BCUT2D eigenvalue weighted by molar-refractivity contribution is 0.793. The topological polar surface area (TPSA) is 8.17 Å². The molecule has 0 fully saturated rings. The molecule has 0 N–H and O–H groups in total. The molecular formula is C54H36N2. The van der Waals surface area contributed by atoms with E-state index >= 15 is 0 Å². The van der Waals surface area contributed by atoms with Gasteiger partial charge in [-0.05, 0) is 117 Å². The van der Waals surface area contributed by atoms with Crippen LogP contribution >= 0.6 is 0 Å². The van der Waals surface area contributed by atoms with Crippen LogP contribution in [-0.2, 0) is 5.41 Å². The number of benzene rings is 9. The van der Waals surface area contributed by atoms with Crippen molar-refractivity contribution in [1.82, 2.24) is 4.57 Å². The Morgan fingerprint density at radius 1 is 0.375 bits per heavy atom. The predicted molar refractivity (Wildman–Crippen MR) is 234 cm³/mol. The second-order valence-electron chi connectivity index (χ2n) is 15.3. The molecule has 1 heterocycles. The Kier molecular flexibility index (Phi) is 6.50. The van der Waals surface area contributed by atoms with Crippen LogP contribution in [0.15, 0.2) is 200 Å². The van der Waals surface area contributed by atoms with Gasteiger partial charge in [0.2, 0.25) is 0 Å². The molecule has 0 saturated carbocycles. The van der Waals surface area contributed by atoms with Gasteiger partial charge in [0.05, 0.1) is 22.1 Å². The summed E-state index contributed by atoms with van der Waals surface area (Å²) in [5.74, 6) is 0. The summed E-state index contributed by atoms with van der Waals surface area (Å²) in [7, 11) is 0. The summed E-state index contributed by atoms with van der Waals surface area (Å²) in [5.41, 5.74) is 18.3. The fourth-order valence-electron chi connectivity index (χ4n) is 10.3. The molecule has 0 atom stereocenters. The first-order valence-electron chi connectivity index (χ1n) is 19.5. The zero-order valence-corrected chi connectivity index (χ0v) is 30.9. The van der Waals surface area contributed by atoms with E-state index in [1.807, 2.05) is 0 Å². The molecule has 10 aromatic rings. The van der Waals surface area contributed by atoms with Gasteiger partial charge in [-0.3, -0.25) is 0 Å². The third-order valence-electron chi connectivity index (χ3n) is 12.4. The van der Waals surface area contributed by atoms with Crippen molar-refractivity contribution in [3.05, 3.63) is 228 Å². The summed E-state index contributed by atoms with van der Waals surface area (Å²) >= 11 is 0. The van der Waals surface area contributed by atoms with E-state index in [0.29, 0.717) is 0 Å².